The van der Waals surface area contributed by atoms with Gasteiger partial charge in [-0.3, -0.25) is 33.7 Å². The highest BCUT2D eigenvalue weighted by Gasteiger charge is 2.30. The van der Waals surface area contributed by atoms with Crippen LogP contribution >= 0.6 is 69.6 Å². The molecule has 21 nitrogen and oxygen atoms in total. The summed E-state index contributed by atoms with van der Waals surface area (Å²) in [7, 11) is 0. The first-order chi connectivity index (χ1) is 58.6. The molecule has 6 heterocycles. The average molecular weight is 1770 g/mol. The van der Waals surface area contributed by atoms with Crippen molar-refractivity contribution >= 4 is 156 Å². The van der Waals surface area contributed by atoms with Crippen molar-refractivity contribution in [2.24, 2.45) is 0 Å². The van der Waals surface area contributed by atoms with E-state index in [4.69, 9.17) is 69.6 Å². The van der Waals surface area contributed by atoms with Gasteiger partial charge in [-0.1, -0.05) is 55.7 Å². The minimum absolute atomic E-state index is 0.00214. The second-order valence-corrected chi connectivity index (χ2v) is 34.7. The molecule has 0 radical (unpaired) electrons. The monoisotopic (exact) mass is 1760 g/mol. The number of halogens is 6. The number of nitrogens with zero attached hydrogens (tertiary/aromatic N) is 9. The molecule has 654 valence electrons. The molecule has 0 atom stereocenters. The minimum atomic E-state index is -0.0918. The van der Waals surface area contributed by atoms with E-state index in [0.717, 1.165) is 174 Å². The van der Waals surface area contributed by atoms with Crippen molar-refractivity contribution in [1.29, 1.82) is 0 Å². The largest absolute Gasteiger partial charge is 0.369 e. The Balaban J connectivity index is 0.000000189. The first-order valence-corrected chi connectivity index (χ1v) is 47.2. The van der Waals surface area contributed by atoms with Crippen LogP contribution < -0.4 is 46.6 Å². The van der Waals surface area contributed by atoms with Crippen molar-refractivity contribution in [2.45, 2.75) is 153 Å². The number of piperidine rings is 6. The van der Waals surface area contributed by atoms with E-state index < -0.39 is 0 Å². The molecule has 12 rings (SSSR count). The van der Waals surface area contributed by atoms with Crippen LogP contribution in [0, 0.1) is 0 Å². The van der Waals surface area contributed by atoms with E-state index in [1.165, 1.54) is 123 Å². The van der Waals surface area contributed by atoms with Crippen LogP contribution in [0.15, 0.2) is 146 Å². The number of alkyl halides is 6. The van der Waals surface area contributed by atoms with Crippen LogP contribution in [0.1, 0.15) is 132 Å². The van der Waals surface area contributed by atoms with Gasteiger partial charge < -0.3 is 71.1 Å². The molecule has 0 aromatic heterocycles. The molecule has 6 fully saturated rings. The zero-order valence-electron chi connectivity index (χ0n) is 70.3. The molecule has 6 N–H and O–H groups in total. The summed E-state index contributed by atoms with van der Waals surface area (Å²) in [4.78, 5) is 97.0. The zero-order valence-corrected chi connectivity index (χ0v) is 74.8. The lowest BCUT2D eigenvalue weighted by Crippen LogP contribution is -2.48. The van der Waals surface area contributed by atoms with Crippen molar-refractivity contribution in [3.8, 4) is 0 Å². The predicted octanol–water partition coefficient (Wildman–Crippen LogP) is 16.3. The number of amides is 6. The summed E-state index contributed by atoms with van der Waals surface area (Å²) in [5.41, 5.74) is 10.2. The highest BCUT2D eigenvalue weighted by Crippen LogP contribution is 2.28. The van der Waals surface area contributed by atoms with Gasteiger partial charge in [-0.15, -0.1) is 69.6 Å². The van der Waals surface area contributed by atoms with Crippen molar-refractivity contribution in [3.63, 3.8) is 0 Å². The molecule has 0 saturated carbocycles. The van der Waals surface area contributed by atoms with Crippen molar-refractivity contribution < 1.29 is 28.8 Å². The molecule has 6 aromatic rings. The van der Waals surface area contributed by atoms with Crippen molar-refractivity contribution in [1.82, 2.24) is 29.4 Å². The van der Waals surface area contributed by atoms with E-state index in [1.807, 2.05) is 146 Å². The Labute approximate surface area is 743 Å². The van der Waals surface area contributed by atoms with Gasteiger partial charge in [0.2, 0.25) is 35.4 Å². The van der Waals surface area contributed by atoms with Gasteiger partial charge in [-0.2, -0.15) is 0 Å². The van der Waals surface area contributed by atoms with Crippen LogP contribution in [0.3, 0.4) is 0 Å². The number of likely N-dealkylation sites (tertiary alicyclic amines) is 6. The molecular weight excluding hydrogens is 1640 g/mol. The molecule has 0 aliphatic carbocycles. The fraction of sp³-hybridized carbons (Fsp3) is 0.548. The molecule has 0 unspecified atom stereocenters. The molecule has 6 aliphatic rings. The van der Waals surface area contributed by atoms with E-state index in [9.17, 15) is 28.8 Å². The molecule has 6 aliphatic heterocycles. The maximum atomic E-state index is 12.6. The predicted molar refractivity (Wildman–Crippen MR) is 501 cm³/mol. The fourth-order valence-corrected chi connectivity index (χ4v) is 18.4. The van der Waals surface area contributed by atoms with Crippen molar-refractivity contribution in [3.05, 3.63) is 162 Å². The Morgan fingerprint density at radius 1 is 0.275 bits per heavy atom. The van der Waals surface area contributed by atoms with E-state index in [1.54, 1.807) is 0 Å². The topological polar surface area (TPSA) is 204 Å². The highest BCUT2D eigenvalue weighted by molar-refractivity contribution is 6.19. The van der Waals surface area contributed by atoms with Gasteiger partial charge in [0.05, 0.1) is 25.8 Å². The first-order valence-electron chi connectivity index (χ1n) is 44.0. The quantitative estimate of drug-likeness (QED) is 0.0199. The molecule has 6 aromatic carbocycles. The van der Waals surface area contributed by atoms with E-state index in [-0.39, 0.29) is 54.7 Å². The van der Waals surface area contributed by atoms with Crippen LogP contribution in [-0.4, -0.2) is 256 Å². The van der Waals surface area contributed by atoms with Crippen LogP contribution in [-0.2, 0) is 48.0 Å². The standard InChI is InChI=1S/C32H45Cl2N5O2.C31H43Cl2N5O2.C30H41Cl2N5O2/c33-16-23-39(24-17-34)29-12-6-26(7-13-29)25-32(41)36-28-10-8-27(9-11-28)35-31(40)5-4-18-37-21-14-30(15-22-37)38-19-2-1-3-20-38;32-15-22-38(23-16-33)28-10-4-25(5-11-28)24-31(40)35-27-8-6-26(7-9-27)34-30(39)14-21-36-19-12-29(13-20-36)37-17-2-1-3-18-37;31-14-20-37(21-15-32)27-10-4-24(5-11-27)22-29(38)33-25-6-8-26(9-7-25)34-30(39)23-35-18-12-28(13-19-35)36-16-2-1-3-17-36/h6-13,30H,1-5,14-25H2,(H,35,40)(H,36,41);4-11,29H,1-3,12-24H2,(H,34,39)(H,35,40);4-11,28H,1-3,12-23H2,(H,33,38)(H,34,39). The Kier molecular flexibility index (Phi) is 42.3. The number of hydrogen-bond acceptors (Lipinski definition) is 15. The second kappa shape index (κ2) is 53.3. The minimum Gasteiger partial charge on any atom is -0.369 e. The SMILES string of the molecule is O=C(CCCN1CCC(N2CCCCC2)CC1)Nc1ccc(NC(=O)Cc2ccc(N(CCCl)CCCl)cc2)cc1.O=C(CCN1CCC(N2CCCCC2)CC1)Nc1ccc(NC(=O)Cc2ccc(N(CCCl)CCCl)cc2)cc1.O=C(Cc1ccc(N(CCCl)CCCl)cc1)Nc1ccc(NC(=O)CN2CCC(N3CCCCC3)CC2)cc1. The van der Waals surface area contributed by atoms with Crippen LogP contribution in [0.4, 0.5) is 51.2 Å². The number of carbonyl (C=O) groups is 6. The van der Waals surface area contributed by atoms with Gasteiger partial charge in [-0.25, -0.2) is 0 Å². The van der Waals surface area contributed by atoms with E-state index >= 15 is 0 Å². The summed E-state index contributed by atoms with van der Waals surface area (Å²) >= 11 is 35.4. The van der Waals surface area contributed by atoms with Gasteiger partial charge in [0.1, 0.15) is 0 Å². The maximum Gasteiger partial charge on any atom is 0.238 e. The summed E-state index contributed by atoms with van der Waals surface area (Å²) in [6.45, 7) is 20.5. The lowest BCUT2D eigenvalue weighted by atomic mass is 10.00. The highest BCUT2D eigenvalue weighted by atomic mass is 35.5. The number of nitrogens with one attached hydrogen (secondary N) is 6. The first kappa shape index (κ1) is 95.3. The van der Waals surface area contributed by atoms with Crippen LogP contribution in [0.2, 0.25) is 0 Å². The van der Waals surface area contributed by atoms with Crippen LogP contribution in [0.5, 0.6) is 0 Å². The normalized spacial score (nSPS) is 16.9. The summed E-state index contributed by atoms with van der Waals surface area (Å²) in [6, 6.07) is 47.8. The third-order valence-corrected chi connectivity index (χ3v) is 24.8. The molecule has 0 bridgehead atoms. The second-order valence-electron chi connectivity index (χ2n) is 32.4. The summed E-state index contributed by atoms with van der Waals surface area (Å²) in [5.74, 6) is 2.96. The molecule has 120 heavy (non-hydrogen) atoms. The molecule has 6 saturated heterocycles. The van der Waals surface area contributed by atoms with Gasteiger partial charge >= 0.3 is 0 Å². The molecular formula is C93H129Cl6N15O6. The molecule has 27 heteroatoms. The van der Waals surface area contributed by atoms with E-state index in [0.29, 0.717) is 77.8 Å². The Morgan fingerprint density at radius 2 is 0.517 bits per heavy atom. The number of anilines is 9. The van der Waals surface area contributed by atoms with Crippen molar-refractivity contribution in [2.75, 3.05) is 219 Å². The number of hydrogen-bond donors (Lipinski definition) is 6. The summed E-state index contributed by atoms with van der Waals surface area (Å²) < 4.78 is 0. The van der Waals surface area contributed by atoms with E-state index in [2.05, 4.69) is 76.0 Å². The number of rotatable bonds is 39. The van der Waals surface area contributed by atoms with Gasteiger partial charge in [0.15, 0.2) is 0 Å². The fourth-order valence-electron chi connectivity index (χ4n) is 17.2. The summed E-state index contributed by atoms with van der Waals surface area (Å²) in [6.07, 6.45) is 22.1. The molecule has 6 amide bonds. The van der Waals surface area contributed by atoms with Gasteiger partial charge in [-0.05, 0) is 281 Å². The van der Waals surface area contributed by atoms with Gasteiger partial charge in [0.25, 0.3) is 0 Å². The lowest BCUT2D eigenvalue weighted by molar-refractivity contribution is -0.118. The third-order valence-electron chi connectivity index (χ3n) is 23.8. The van der Waals surface area contributed by atoms with Crippen LogP contribution in [0.25, 0.3) is 0 Å². The Bertz CT molecular complexity index is 3950. The van der Waals surface area contributed by atoms with Gasteiger partial charge in [0, 0.05) is 176 Å². The average Bonchev–Trinajstić information content (AvgIpc) is 0.500. The molecule has 0 spiro atoms. The Hall–Kier alpha value is -6.96. The number of benzene rings is 6. The zero-order chi connectivity index (χ0) is 84.5. The maximum absolute atomic E-state index is 12.6. The smallest absolute Gasteiger partial charge is 0.238 e. The Morgan fingerprint density at radius 3 is 0.792 bits per heavy atom. The third kappa shape index (κ3) is 33.6. The number of carbonyl (C=O) groups excluding carboxylic acids is 6. The lowest BCUT2D eigenvalue weighted by Gasteiger charge is -2.40. The summed E-state index contributed by atoms with van der Waals surface area (Å²) in [5, 5.41) is 17.8.